The van der Waals surface area contributed by atoms with Crippen LogP contribution in [0, 0.1) is 0 Å². The van der Waals surface area contributed by atoms with Gasteiger partial charge in [-0.05, 0) is 42.0 Å². The fourth-order valence-electron chi connectivity index (χ4n) is 2.44. The van der Waals surface area contributed by atoms with E-state index in [-0.39, 0.29) is 17.9 Å². The van der Waals surface area contributed by atoms with Crippen LogP contribution in [0.3, 0.4) is 0 Å². The van der Waals surface area contributed by atoms with Crippen molar-refractivity contribution in [3.05, 3.63) is 89.4 Å². The smallest absolute Gasteiger partial charge is 0.340 e. The molecule has 0 aliphatic heterocycles. The molecule has 0 aliphatic rings. The number of esters is 2. The lowest BCUT2D eigenvalue weighted by molar-refractivity contribution is 0.0472. The Labute approximate surface area is 160 Å². The van der Waals surface area contributed by atoms with Crippen molar-refractivity contribution in [3.8, 4) is 0 Å². The summed E-state index contributed by atoms with van der Waals surface area (Å²) in [5, 5.41) is 2.63. The predicted octanol–water partition coefficient (Wildman–Crippen LogP) is 3.68. The molecule has 7 heteroatoms. The van der Waals surface area contributed by atoms with Gasteiger partial charge >= 0.3 is 11.9 Å². The molecule has 1 aromatic heterocycles. The van der Waals surface area contributed by atoms with E-state index in [2.05, 4.69) is 10.1 Å². The van der Waals surface area contributed by atoms with Crippen molar-refractivity contribution in [2.45, 2.75) is 6.61 Å². The molecule has 142 valence electrons. The van der Waals surface area contributed by atoms with Gasteiger partial charge in [-0.2, -0.15) is 0 Å². The zero-order valence-corrected chi connectivity index (χ0v) is 15.0. The van der Waals surface area contributed by atoms with Gasteiger partial charge < -0.3 is 19.2 Å². The second-order valence-electron chi connectivity index (χ2n) is 5.74. The Hall–Kier alpha value is -3.87. The Morgan fingerprint density at radius 3 is 2.36 bits per heavy atom. The molecule has 0 saturated heterocycles. The van der Waals surface area contributed by atoms with E-state index in [1.165, 1.54) is 19.4 Å². The molecule has 3 aromatic rings. The van der Waals surface area contributed by atoms with Gasteiger partial charge in [0.05, 0.1) is 30.2 Å². The number of para-hydroxylation sites is 1. The summed E-state index contributed by atoms with van der Waals surface area (Å²) in [5.41, 5.74) is 1.64. The predicted molar refractivity (Wildman–Crippen MR) is 100 cm³/mol. The summed E-state index contributed by atoms with van der Waals surface area (Å²) in [6.07, 6.45) is 1.39. The monoisotopic (exact) mass is 379 g/mol. The zero-order valence-electron chi connectivity index (χ0n) is 15.0. The van der Waals surface area contributed by atoms with Crippen molar-refractivity contribution < 1.29 is 28.3 Å². The summed E-state index contributed by atoms with van der Waals surface area (Å²) in [4.78, 5) is 36.0. The Kier molecular flexibility index (Phi) is 5.86. The third-order valence-electron chi connectivity index (χ3n) is 3.89. The lowest BCUT2D eigenvalue weighted by atomic mass is 10.1. The minimum Gasteiger partial charge on any atom is -0.465 e. The molecule has 2 aromatic carbocycles. The van der Waals surface area contributed by atoms with E-state index in [0.29, 0.717) is 16.8 Å². The number of hydrogen-bond acceptors (Lipinski definition) is 6. The maximum Gasteiger partial charge on any atom is 0.340 e. The van der Waals surface area contributed by atoms with Crippen LogP contribution >= 0.6 is 0 Å². The first-order valence-corrected chi connectivity index (χ1v) is 8.36. The fraction of sp³-hybridized carbons (Fsp3) is 0.0952. The second-order valence-corrected chi connectivity index (χ2v) is 5.74. The highest BCUT2D eigenvalue weighted by Gasteiger charge is 2.16. The lowest BCUT2D eigenvalue weighted by Crippen LogP contribution is -2.15. The summed E-state index contributed by atoms with van der Waals surface area (Å²) in [5.74, 6) is -1.37. The van der Waals surface area contributed by atoms with Gasteiger partial charge in [0.15, 0.2) is 5.76 Å². The summed E-state index contributed by atoms with van der Waals surface area (Å²) in [7, 11) is 1.31. The van der Waals surface area contributed by atoms with Crippen LogP contribution in [0.4, 0.5) is 5.69 Å². The molecule has 0 fully saturated rings. The van der Waals surface area contributed by atoms with Crippen LogP contribution in [0.5, 0.6) is 0 Å². The number of nitrogens with one attached hydrogen (secondary N) is 1. The molecule has 0 saturated carbocycles. The topological polar surface area (TPSA) is 94.8 Å². The van der Waals surface area contributed by atoms with Crippen LogP contribution in [0.1, 0.15) is 36.8 Å². The number of carbonyl (C=O) groups is 3. The number of ether oxygens (including phenoxy) is 2. The quantitative estimate of drug-likeness (QED) is 0.657. The summed E-state index contributed by atoms with van der Waals surface area (Å²) < 4.78 is 15.0. The van der Waals surface area contributed by atoms with Gasteiger partial charge in [-0.3, -0.25) is 4.79 Å². The van der Waals surface area contributed by atoms with Gasteiger partial charge in [-0.25, -0.2) is 9.59 Å². The van der Waals surface area contributed by atoms with Crippen LogP contribution in [-0.2, 0) is 16.1 Å². The second kappa shape index (κ2) is 8.68. The van der Waals surface area contributed by atoms with Crippen LogP contribution in [0.15, 0.2) is 71.3 Å². The molecule has 0 radical (unpaired) electrons. The molecule has 28 heavy (non-hydrogen) atoms. The van der Waals surface area contributed by atoms with E-state index in [0.717, 1.165) is 0 Å². The molecule has 1 amide bonds. The number of furan rings is 1. The highest BCUT2D eigenvalue weighted by Crippen LogP contribution is 2.18. The molecule has 3 rings (SSSR count). The van der Waals surface area contributed by atoms with Gasteiger partial charge in [0.2, 0.25) is 0 Å². The SMILES string of the molecule is COC(=O)c1ccc(COC(=O)c2ccccc2NC(=O)c2ccco2)cc1. The van der Waals surface area contributed by atoms with E-state index in [1.807, 2.05) is 0 Å². The molecule has 0 atom stereocenters. The highest BCUT2D eigenvalue weighted by molar-refractivity contribution is 6.06. The first kappa shape index (κ1) is 18.9. The first-order chi connectivity index (χ1) is 13.6. The van der Waals surface area contributed by atoms with Gasteiger partial charge in [-0.15, -0.1) is 0 Å². The van der Waals surface area contributed by atoms with E-state index in [4.69, 9.17) is 9.15 Å². The van der Waals surface area contributed by atoms with E-state index >= 15 is 0 Å². The van der Waals surface area contributed by atoms with Crippen molar-refractivity contribution in [1.29, 1.82) is 0 Å². The maximum atomic E-state index is 12.5. The van der Waals surface area contributed by atoms with Gasteiger partial charge in [-0.1, -0.05) is 24.3 Å². The Balaban J connectivity index is 1.66. The normalized spacial score (nSPS) is 10.2. The molecule has 7 nitrogen and oxygen atoms in total. The third kappa shape index (κ3) is 4.45. The van der Waals surface area contributed by atoms with E-state index in [9.17, 15) is 14.4 Å². The molecular formula is C21H17NO6. The van der Waals surface area contributed by atoms with Crippen LogP contribution in [-0.4, -0.2) is 25.0 Å². The van der Waals surface area contributed by atoms with Crippen molar-refractivity contribution >= 4 is 23.5 Å². The minimum absolute atomic E-state index is 0.0146. The molecule has 0 bridgehead atoms. The average molecular weight is 379 g/mol. The first-order valence-electron chi connectivity index (χ1n) is 8.36. The van der Waals surface area contributed by atoms with Crippen LogP contribution in [0.25, 0.3) is 0 Å². The highest BCUT2D eigenvalue weighted by atomic mass is 16.5. The number of anilines is 1. The van der Waals surface area contributed by atoms with Gasteiger partial charge in [0.25, 0.3) is 5.91 Å². The van der Waals surface area contributed by atoms with Gasteiger partial charge in [0, 0.05) is 0 Å². The zero-order chi connectivity index (χ0) is 19.9. The molecule has 1 N–H and O–H groups in total. The largest absolute Gasteiger partial charge is 0.465 e. The van der Waals surface area contributed by atoms with Crippen molar-refractivity contribution in [2.75, 3.05) is 12.4 Å². The van der Waals surface area contributed by atoms with E-state index in [1.54, 1.807) is 54.6 Å². The summed E-state index contributed by atoms with van der Waals surface area (Å²) in [6.45, 7) is 0.0146. The number of methoxy groups -OCH3 is 1. The molecule has 1 heterocycles. The summed E-state index contributed by atoms with van der Waals surface area (Å²) in [6, 6.07) is 16.2. The van der Waals surface area contributed by atoms with Crippen molar-refractivity contribution in [3.63, 3.8) is 0 Å². The minimum atomic E-state index is -0.590. The molecule has 0 spiro atoms. The molecule has 0 unspecified atom stereocenters. The Bertz CT molecular complexity index is 976. The Morgan fingerprint density at radius 1 is 0.929 bits per heavy atom. The molecular weight excluding hydrogens is 362 g/mol. The lowest BCUT2D eigenvalue weighted by Gasteiger charge is -2.10. The van der Waals surface area contributed by atoms with Crippen molar-refractivity contribution in [2.24, 2.45) is 0 Å². The summed E-state index contributed by atoms with van der Waals surface area (Å²) >= 11 is 0. The number of carbonyl (C=O) groups excluding carboxylic acids is 3. The third-order valence-corrected chi connectivity index (χ3v) is 3.89. The van der Waals surface area contributed by atoms with Crippen LogP contribution in [0.2, 0.25) is 0 Å². The van der Waals surface area contributed by atoms with E-state index < -0.39 is 17.8 Å². The number of benzene rings is 2. The van der Waals surface area contributed by atoms with Crippen LogP contribution < -0.4 is 5.32 Å². The van der Waals surface area contributed by atoms with Gasteiger partial charge in [0.1, 0.15) is 6.61 Å². The fourth-order valence-corrected chi connectivity index (χ4v) is 2.44. The van der Waals surface area contributed by atoms with Crippen molar-refractivity contribution in [1.82, 2.24) is 0 Å². The number of amides is 1. The number of hydrogen-bond donors (Lipinski definition) is 1. The average Bonchev–Trinajstić information content (AvgIpc) is 3.27. The Morgan fingerprint density at radius 2 is 1.68 bits per heavy atom. The maximum absolute atomic E-state index is 12.5. The standard InChI is InChI=1S/C21H17NO6/c1-26-20(24)15-10-8-14(9-11-15)13-28-21(25)16-5-2-3-6-17(16)22-19(23)18-7-4-12-27-18/h2-12H,13H2,1H3,(H,22,23). The number of rotatable bonds is 6. The molecule has 0 aliphatic carbocycles.